The van der Waals surface area contributed by atoms with E-state index < -0.39 is 5.54 Å². The summed E-state index contributed by atoms with van der Waals surface area (Å²) in [6.45, 7) is 0. The van der Waals surface area contributed by atoms with Crippen molar-refractivity contribution in [1.82, 2.24) is 0 Å². The van der Waals surface area contributed by atoms with Gasteiger partial charge >= 0.3 is 0 Å². The van der Waals surface area contributed by atoms with E-state index in [1.54, 1.807) is 6.08 Å². The zero-order chi connectivity index (χ0) is 20.7. The van der Waals surface area contributed by atoms with Crippen LogP contribution in [0.1, 0.15) is 16.7 Å². The topological polar surface area (TPSA) is 111 Å². The number of nitrogens with one attached hydrogen (secondary N) is 2. The van der Waals surface area contributed by atoms with E-state index in [1.807, 2.05) is 91.0 Å². The third-order valence-electron chi connectivity index (χ3n) is 3.79. The molecule has 0 saturated carbocycles. The van der Waals surface area contributed by atoms with Crippen LogP contribution in [0.3, 0.4) is 0 Å². The summed E-state index contributed by atoms with van der Waals surface area (Å²) in [6.07, 6.45) is 3.28. The van der Waals surface area contributed by atoms with Crippen LogP contribution in [-0.2, 0) is 19.9 Å². The summed E-state index contributed by atoms with van der Waals surface area (Å²) >= 11 is 0. The number of aliphatic imine (C=N–C) groups is 1. The smallest absolute Gasteiger partial charge is 0.222 e. The molecule has 3 aromatic carbocycles. The van der Waals surface area contributed by atoms with E-state index in [2.05, 4.69) is 4.99 Å². The van der Waals surface area contributed by atoms with Crippen molar-refractivity contribution in [1.29, 1.82) is 10.8 Å². The first-order valence-corrected chi connectivity index (χ1v) is 8.04. The number of benzene rings is 3. The molecular weight excluding hydrogens is 354 g/mol. The highest BCUT2D eigenvalue weighted by Gasteiger charge is 2.36. The largest absolute Gasteiger partial charge is 0.236 e. The van der Waals surface area contributed by atoms with Gasteiger partial charge in [0.25, 0.3) is 0 Å². The molecule has 0 aliphatic heterocycles. The van der Waals surface area contributed by atoms with E-state index in [0.717, 1.165) is 28.9 Å². The maximum atomic E-state index is 11.2. The van der Waals surface area contributed by atoms with Gasteiger partial charge in [-0.05, 0) is 16.7 Å². The molecule has 0 amide bonds. The third-order valence-corrected chi connectivity index (χ3v) is 3.79. The first kappa shape index (κ1) is 21.8. The minimum atomic E-state index is -0.870. The number of hydrogen-bond donors (Lipinski definition) is 2. The standard InChI is InChI=1S/C20H15NO.2CHNO/c22-16-21-20(17-10-4-1-5-11-17,18-12-6-2-7-13-18)19-14-8-3-9-15-19;2*2-1-3/h1-15H;2*2H. The van der Waals surface area contributed by atoms with E-state index in [0.29, 0.717) is 0 Å². The SMILES string of the molecule is N=C=O.N=C=O.O=C=NC(c1ccccc1)(c1ccccc1)c1ccccc1. The van der Waals surface area contributed by atoms with Crippen molar-refractivity contribution >= 4 is 18.2 Å². The van der Waals surface area contributed by atoms with Crippen LogP contribution in [0.5, 0.6) is 0 Å². The molecule has 3 rings (SSSR count). The fourth-order valence-electron chi connectivity index (χ4n) is 2.80. The van der Waals surface area contributed by atoms with Crippen LogP contribution in [0.15, 0.2) is 96.0 Å². The van der Waals surface area contributed by atoms with Gasteiger partial charge in [-0.15, -0.1) is 0 Å². The van der Waals surface area contributed by atoms with Crippen LogP contribution >= 0.6 is 0 Å². The van der Waals surface area contributed by atoms with E-state index in [9.17, 15) is 4.79 Å². The quantitative estimate of drug-likeness (QED) is 0.409. The zero-order valence-corrected chi connectivity index (χ0v) is 14.8. The number of nitrogens with zero attached hydrogens (tertiary/aromatic N) is 1. The van der Waals surface area contributed by atoms with Gasteiger partial charge in [0.05, 0.1) is 0 Å². The van der Waals surface area contributed by atoms with Gasteiger partial charge < -0.3 is 0 Å². The average molecular weight is 371 g/mol. The minimum Gasteiger partial charge on any atom is -0.222 e. The van der Waals surface area contributed by atoms with Gasteiger partial charge in [0.1, 0.15) is 5.54 Å². The van der Waals surface area contributed by atoms with Crippen molar-refractivity contribution < 1.29 is 14.4 Å². The molecule has 0 heterocycles. The molecule has 0 fully saturated rings. The number of hydrogen-bond acceptors (Lipinski definition) is 6. The summed E-state index contributed by atoms with van der Waals surface area (Å²) in [6, 6.07) is 29.5. The Morgan fingerprint density at radius 2 is 0.821 bits per heavy atom. The second-order valence-electron chi connectivity index (χ2n) is 5.22. The summed E-state index contributed by atoms with van der Waals surface area (Å²) in [4.78, 5) is 32.2. The van der Waals surface area contributed by atoms with Gasteiger partial charge in [-0.1, -0.05) is 91.0 Å². The predicted octanol–water partition coefficient (Wildman–Crippen LogP) is 4.12. The Morgan fingerprint density at radius 1 is 0.571 bits per heavy atom. The average Bonchev–Trinajstić information content (AvgIpc) is 2.75. The van der Waals surface area contributed by atoms with Crippen LogP contribution < -0.4 is 0 Å². The highest BCUT2D eigenvalue weighted by atomic mass is 16.1. The van der Waals surface area contributed by atoms with Gasteiger partial charge in [-0.25, -0.2) is 25.2 Å². The van der Waals surface area contributed by atoms with Crippen LogP contribution in [0, 0.1) is 10.8 Å². The van der Waals surface area contributed by atoms with Gasteiger partial charge in [0.15, 0.2) is 0 Å². The molecule has 0 saturated heterocycles. The summed E-state index contributed by atoms with van der Waals surface area (Å²) in [5.74, 6) is 0. The summed E-state index contributed by atoms with van der Waals surface area (Å²) in [5, 5.41) is 10.8. The molecule has 0 aliphatic rings. The van der Waals surface area contributed by atoms with Crippen LogP contribution in [0.25, 0.3) is 0 Å². The monoisotopic (exact) mass is 371 g/mol. The fraction of sp³-hybridized carbons (Fsp3) is 0.0455. The number of carbonyl (C=O) groups excluding carboxylic acids is 3. The Morgan fingerprint density at radius 3 is 1.04 bits per heavy atom. The first-order valence-electron chi connectivity index (χ1n) is 8.04. The molecule has 6 heteroatoms. The van der Waals surface area contributed by atoms with Crippen molar-refractivity contribution in [2.75, 3.05) is 0 Å². The molecule has 0 bridgehead atoms. The highest BCUT2D eigenvalue weighted by Crippen LogP contribution is 2.39. The van der Waals surface area contributed by atoms with Gasteiger partial charge in [0.2, 0.25) is 18.2 Å². The molecule has 28 heavy (non-hydrogen) atoms. The predicted molar refractivity (Wildman–Crippen MR) is 104 cm³/mol. The van der Waals surface area contributed by atoms with Crippen LogP contribution in [-0.4, -0.2) is 18.2 Å². The maximum Gasteiger partial charge on any atom is 0.236 e. The Balaban J connectivity index is 0.000000582. The molecule has 0 radical (unpaired) electrons. The lowest BCUT2D eigenvalue weighted by Crippen LogP contribution is -2.26. The molecule has 3 aromatic rings. The Labute approximate surface area is 162 Å². The normalized spacial score (nSPS) is 9.00. The second kappa shape index (κ2) is 12.2. The molecule has 138 valence electrons. The van der Waals surface area contributed by atoms with E-state index >= 15 is 0 Å². The fourth-order valence-corrected chi connectivity index (χ4v) is 2.80. The van der Waals surface area contributed by atoms with Crippen molar-refractivity contribution in [3.63, 3.8) is 0 Å². The molecule has 2 N–H and O–H groups in total. The zero-order valence-electron chi connectivity index (χ0n) is 14.8. The number of isocyanates is 3. The lowest BCUT2D eigenvalue weighted by Gasteiger charge is -2.30. The van der Waals surface area contributed by atoms with E-state index in [1.165, 1.54) is 0 Å². The first-order chi connectivity index (χ1) is 13.7. The molecule has 0 aliphatic carbocycles. The van der Waals surface area contributed by atoms with E-state index in [4.69, 9.17) is 20.4 Å². The number of rotatable bonds is 4. The lowest BCUT2D eigenvalue weighted by molar-refractivity contribution is 0.550. The van der Waals surface area contributed by atoms with Gasteiger partial charge in [0, 0.05) is 0 Å². The minimum absolute atomic E-state index is 0.750. The third kappa shape index (κ3) is 5.40. The molecule has 0 atom stereocenters. The van der Waals surface area contributed by atoms with Gasteiger partial charge in [-0.2, -0.15) is 4.99 Å². The van der Waals surface area contributed by atoms with Crippen molar-refractivity contribution in [3.8, 4) is 0 Å². The van der Waals surface area contributed by atoms with Crippen LogP contribution in [0.2, 0.25) is 0 Å². The van der Waals surface area contributed by atoms with Gasteiger partial charge in [-0.3, -0.25) is 0 Å². The molecular formula is C22H17N3O3. The summed E-state index contributed by atoms with van der Waals surface area (Å²) < 4.78 is 0. The highest BCUT2D eigenvalue weighted by molar-refractivity contribution is 5.53. The summed E-state index contributed by atoms with van der Waals surface area (Å²) in [5.41, 5.74) is 1.95. The molecule has 0 aromatic heterocycles. The maximum absolute atomic E-state index is 11.2. The van der Waals surface area contributed by atoms with Crippen molar-refractivity contribution in [2.24, 2.45) is 4.99 Å². The second-order valence-corrected chi connectivity index (χ2v) is 5.22. The molecule has 6 nitrogen and oxygen atoms in total. The Kier molecular flexibility index (Phi) is 9.52. The van der Waals surface area contributed by atoms with Crippen molar-refractivity contribution in [2.45, 2.75) is 5.54 Å². The Hall–Kier alpha value is -4.20. The van der Waals surface area contributed by atoms with Crippen molar-refractivity contribution in [3.05, 3.63) is 108 Å². The molecule has 0 spiro atoms. The van der Waals surface area contributed by atoms with Crippen LogP contribution in [0.4, 0.5) is 0 Å². The summed E-state index contributed by atoms with van der Waals surface area (Å²) in [7, 11) is 0. The molecule has 0 unspecified atom stereocenters. The lowest BCUT2D eigenvalue weighted by atomic mass is 9.78. The van der Waals surface area contributed by atoms with E-state index in [-0.39, 0.29) is 0 Å². The Bertz CT molecular complexity index is 847.